The molecule has 130 valence electrons. The Morgan fingerprint density at radius 2 is 2.08 bits per heavy atom. The SMILES string of the molecule is O[C@@H]1CC[C@@H](Nc2ncc3nnn(-c4ccc5ncccc5c4)c3n2)C1. The Labute approximate surface area is 148 Å². The Kier molecular flexibility index (Phi) is 3.49. The van der Waals surface area contributed by atoms with Crippen LogP contribution in [0.15, 0.2) is 42.7 Å². The van der Waals surface area contributed by atoms with Crippen LogP contribution < -0.4 is 5.32 Å². The van der Waals surface area contributed by atoms with Crippen molar-refractivity contribution in [3.05, 3.63) is 42.7 Å². The standard InChI is InChI=1S/C18H17N7O/c26-14-5-3-12(9-14)21-18-20-10-16-17(22-18)25(24-23-16)13-4-6-15-11(8-13)2-1-7-19-15/h1-2,4,6-8,10,12,14,26H,3,5,9H2,(H,20,21,22)/t12-,14-/m1/s1. The Bertz CT molecular complexity index is 1090. The van der Waals surface area contributed by atoms with Gasteiger partial charge in [-0.15, -0.1) is 5.10 Å². The number of pyridine rings is 1. The lowest BCUT2D eigenvalue weighted by molar-refractivity contribution is 0.182. The topological polar surface area (TPSA) is 102 Å². The van der Waals surface area contributed by atoms with Gasteiger partial charge >= 0.3 is 0 Å². The Morgan fingerprint density at radius 3 is 2.96 bits per heavy atom. The van der Waals surface area contributed by atoms with Gasteiger partial charge in [0.05, 0.1) is 23.5 Å². The summed E-state index contributed by atoms with van der Waals surface area (Å²) in [5, 5.41) is 22.4. The van der Waals surface area contributed by atoms with Gasteiger partial charge < -0.3 is 10.4 Å². The second-order valence-corrected chi connectivity index (χ2v) is 6.59. The Hall–Kier alpha value is -3.13. The van der Waals surface area contributed by atoms with E-state index in [4.69, 9.17) is 0 Å². The molecule has 2 N–H and O–H groups in total. The van der Waals surface area contributed by atoms with Crippen molar-refractivity contribution in [2.75, 3.05) is 5.32 Å². The van der Waals surface area contributed by atoms with E-state index < -0.39 is 0 Å². The number of hydrogen-bond donors (Lipinski definition) is 2. The summed E-state index contributed by atoms with van der Waals surface area (Å²) in [6.45, 7) is 0. The number of benzene rings is 1. The van der Waals surface area contributed by atoms with E-state index in [0.717, 1.165) is 35.9 Å². The maximum Gasteiger partial charge on any atom is 0.225 e. The minimum absolute atomic E-state index is 0.193. The van der Waals surface area contributed by atoms with Crippen LogP contribution in [0.3, 0.4) is 0 Å². The van der Waals surface area contributed by atoms with Crippen LogP contribution in [-0.4, -0.2) is 47.2 Å². The van der Waals surface area contributed by atoms with Crippen molar-refractivity contribution in [2.45, 2.75) is 31.4 Å². The monoisotopic (exact) mass is 347 g/mol. The van der Waals surface area contributed by atoms with E-state index >= 15 is 0 Å². The van der Waals surface area contributed by atoms with Gasteiger partial charge in [-0.3, -0.25) is 4.98 Å². The maximum atomic E-state index is 9.69. The van der Waals surface area contributed by atoms with Crippen LogP contribution in [0.1, 0.15) is 19.3 Å². The second kappa shape index (κ2) is 5.99. The highest BCUT2D eigenvalue weighted by molar-refractivity contribution is 5.81. The summed E-state index contributed by atoms with van der Waals surface area (Å²) >= 11 is 0. The molecule has 0 amide bonds. The number of hydrogen-bond acceptors (Lipinski definition) is 7. The highest BCUT2D eigenvalue weighted by Gasteiger charge is 2.23. The molecule has 3 aromatic heterocycles. The molecule has 0 unspecified atom stereocenters. The number of nitrogens with zero attached hydrogens (tertiary/aromatic N) is 6. The third-order valence-corrected chi connectivity index (χ3v) is 4.76. The molecule has 8 heteroatoms. The number of aliphatic hydroxyl groups is 1. The molecule has 0 saturated heterocycles. The molecule has 26 heavy (non-hydrogen) atoms. The minimum atomic E-state index is -0.241. The van der Waals surface area contributed by atoms with Crippen molar-refractivity contribution in [2.24, 2.45) is 0 Å². The van der Waals surface area contributed by atoms with Gasteiger partial charge in [-0.1, -0.05) is 11.3 Å². The molecule has 3 heterocycles. The number of fused-ring (bicyclic) bond motifs is 2. The molecular formula is C18H17N7O. The molecule has 5 rings (SSSR count). The normalized spacial score (nSPS) is 20.0. The molecule has 1 aromatic carbocycles. The zero-order valence-electron chi connectivity index (χ0n) is 13.9. The molecule has 1 aliphatic carbocycles. The first-order valence-corrected chi connectivity index (χ1v) is 8.64. The third-order valence-electron chi connectivity index (χ3n) is 4.76. The molecule has 0 spiro atoms. The largest absolute Gasteiger partial charge is 0.393 e. The lowest BCUT2D eigenvalue weighted by Crippen LogP contribution is -2.18. The molecule has 8 nitrogen and oxygen atoms in total. The quantitative estimate of drug-likeness (QED) is 0.585. The fourth-order valence-electron chi connectivity index (χ4n) is 3.44. The number of aliphatic hydroxyl groups excluding tert-OH is 1. The van der Waals surface area contributed by atoms with Gasteiger partial charge in [0.15, 0.2) is 11.2 Å². The average molecular weight is 347 g/mol. The predicted molar refractivity (Wildman–Crippen MR) is 97.0 cm³/mol. The average Bonchev–Trinajstić information content (AvgIpc) is 3.27. The number of aromatic nitrogens is 6. The van der Waals surface area contributed by atoms with Crippen LogP contribution in [0.25, 0.3) is 27.8 Å². The number of nitrogens with one attached hydrogen (secondary N) is 1. The summed E-state index contributed by atoms with van der Waals surface area (Å²) in [5.74, 6) is 0.530. The van der Waals surface area contributed by atoms with E-state index in [1.165, 1.54) is 0 Å². The zero-order chi connectivity index (χ0) is 17.5. The van der Waals surface area contributed by atoms with Crippen LogP contribution in [0, 0.1) is 0 Å². The zero-order valence-corrected chi connectivity index (χ0v) is 13.9. The summed E-state index contributed by atoms with van der Waals surface area (Å²) in [5.41, 5.74) is 3.07. The second-order valence-electron chi connectivity index (χ2n) is 6.59. The van der Waals surface area contributed by atoms with Crippen LogP contribution in [0.5, 0.6) is 0 Å². The summed E-state index contributed by atoms with van der Waals surface area (Å²) in [4.78, 5) is 13.3. The van der Waals surface area contributed by atoms with Crippen LogP contribution >= 0.6 is 0 Å². The highest BCUT2D eigenvalue weighted by atomic mass is 16.3. The van der Waals surface area contributed by atoms with Gasteiger partial charge in [-0.05, 0) is 43.5 Å². The highest BCUT2D eigenvalue weighted by Crippen LogP contribution is 2.23. The smallest absolute Gasteiger partial charge is 0.225 e. The maximum absolute atomic E-state index is 9.69. The molecule has 0 aliphatic heterocycles. The predicted octanol–water partition coefficient (Wildman–Crippen LogP) is 2.08. The van der Waals surface area contributed by atoms with E-state index in [1.807, 2.05) is 30.3 Å². The Morgan fingerprint density at radius 1 is 1.12 bits per heavy atom. The van der Waals surface area contributed by atoms with E-state index in [2.05, 4.69) is 30.6 Å². The molecule has 0 bridgehead atoms. The van der Waals surface area contributed by atoms with Gasteiger partial charge in [0.1, 0.15) is 0 Å². The summed E-state index contributed by atoms with van der Waals surface area (Å²) in [6.07, 6.45) is 5.65. The third kappa shape index (κ3) is 2.64. The lowest BCUT2D eigenvalue weighted by atomic mass is 10.2. The molecule has 1 saturated carbocycles. The summed E-state index contributed by atoms with van der Waals surface area (Å²) in [7, 11) is 0. The van der Waals surface area contributed by atoms with Crippen molar-refractivity contribution in [1.29, 1.82) is 0 Å². The first-order valence-electron chi connectivity index (χ1n) is 8.64. The van der Waals surface area contributed by atoms with E-state index in [1.54, 1.807) is 17.1 Å². The number of rotatable bonds is 3. The van der Waals surface area contributed by atoms with Gasteiger partial charge in [-0.2, -0.15) is 9.67 Å². The van der Waals surface area contributed by atoms with Gasteiger partial charge in [0.2, 0.25) is 5.95 Å². The van der Waals surface area contributed by atoms with Crippen molar-refractivity contribution in [3.8, 4) is 5.69 Å². The lowest BCUT2D eigenvalue weighted by Gasteiger charge is -2.11. The molecule has 4 aromatic rings. The molecule has 2 atom stereocenters. The summed E-state index contributed by atoms with van der Waals surface area (Å²) < 4.78 is 1.71. The van der Waals surface area contributed by atoms with Crippen molar-refractivity contribution < 1.29 is 5.11 Å². The van der Waals surface area contributed by atoms with E-state index in [0.29, 0.717) is 17.1 Å². The molecule has 1 fully saturated rings. The van der Waals surface area contributed by atoms with E-state index in [9.17, 15) is 5.11 Å². The fraction of sp³-hybridized carbons (Fsp3) is 0.278. The van der Waals surface area contributed by atoms with Gasteiger partial charge in [0.25, 0.3) is 0 Å². The Balaban J connectivity index is 1.53. The molecule has 0 radical (unpaired) electrons. The van der Waals surface area contributed by atoms with Crippen molar-refractivity contribution in [1.82, 2.24) is 29.9 Å². The van der Waals surface area contributed by atoms with Crippen molar-refractivity contribution in [3.63, 3.8) is 0 Å². The first-order chi connectivity index (χ1) is 12.8. The van der Waals surface area contributed by atoms with Crippen LogP contribution in [0.2, 0.25) is 0 Å². The minimum Gasteiger partial charge on any atom is -0.393 e. The van der Waals surface area contributed by atoms with Crippen molar-refractivity contribution >= 4 is 28.0 Å². The van der Waals surface area contributed by atoms with Gasteiger partial charge in [-0.25, -0.2) is 4.98 Å². The number of anilines is 1. The van der Waals surface area contributed by atoms with Crippen LogP contribution in [0.4, 0.5) is 5.95 Å². The van der Waals surface area contributed by atoms with Crippen LogP contribution in [-0.2, 0) is 0 Å². The first kappa shape index (κ1) is 15.2. The van der Waals surface area contributed by atoms with E-state index in [-0.39, 0.29) is 12.1 Å². The fourth-order valence-corrected chi connectivity index (χ4v) is 3.44. The molecule has 1 aliphatic rings. The molecular weight excluding hydrogens is 330 g/mol. The van der Waals surface area contributed by atoms with Gasteiger partial charge in [0, 0.05) is 17.6 Å². The summed E-state index contributed by atoms with van der Waals surface area (Å²) in [6, 6.07) is 10.0.